The SMILES string of the molecule is C[C@@H](Oc1cc(-c2ccc(N3CCN(C(=O)OC(C)(C)C)CC3)nc2)cnc1N(C(=O)OC(C)(C)C)C(=O)OC(C)(C)C)c1cc(Cl)ccc1Cl. The number of hydrogen-bond donors (Lipinski definition) is 0. The number of hydrogen-bond acceptors (Lipinski definition) is 10. The van der Waals surface area contributed by atoms with Gasteiger partial charge in [-0.3, -0.25) is 0 Å². The van der Waals surface area contributed by atoms with Gasteiger partial charge in [-0.2, -0.15) is 4.90 Å². The number of piperazine rings is 1. The molecule has 3 aromatic rings. The van der Waals surface area contributed by atoms with Gasteiger partial charge < -0.3 is 28.7 Å². The van der Waals surface area contributed by atoms with Gasteiger partial charge in [-0.05, 0) is 106 Å². The number of benzene rings is 1. The number of carbonyl (C=O) groups is 3. The van der Waals surface area contributed by atoms with Gasteiger partial charge in [-0.1, -0.05) is 23.2 Å². The Hall–Kier alpha value is -4.29. The maximum atomic E-state index is 13.6. The summed E-state index contributed by atoms with van der Waals surface area (Å²) in [6, 6.07) is 10.4. The molecule has 2 aromatic heterocycles. The van der Waals surface area contributed by atoms with Crippen molar-refractivity contribution in [2.45, 2.75) is 92.1 Å². The third-order valence-corrected chi connectivity index (χ3v) is 7.81. The highest BCUT2D eigenvalue weighted by Gasteiger charge is 2.36. The van der Waals surface area contributed by atoms with Crippen LogP contribution in [0.15, 0.2) is 48.8 Å². The Labute approximate surface area is 309 Å². The Bertz CT molecular complexity index is 1700. The Kier molecular flexibility index (Phi) is 12.0. The second-order valence-corrected chi connectivity index (χ2v) is 16.0. The molecule has 0 bridgehead atoms. The Morgan fingerprint density at radius 3 is 1.84 bits per heavy atom. The van der Waals surface area contributed by atoms with Crippen molar-refractivity contribution in [2.75, 3.05) is 36.0 Å². The third-order valence-electron chi connectivity index (χ3n) is 7.23. The minimum Gasteiger partial charge on any atom is -0.482 e. The van der Waals surface area contributed by atoms with E-state index in [4.69, 9.17) is 47.1 Å². The molecule has 14 heteroatoms. The molecule has 1 aromatic carbocycles. The number of halogens is 2. The van der Waals surface area contributed by atoms with Crippen LogP contribution in [0.3, 0.4) is 0 Å². The number of carbonyl (C=O) groups excluding carboxylic acids is 3. The molecule has 1 aliphatic heterocycles. The number of nitrogens with zero attached hydrogens (tertiary/aromatic N) is 5. The number of pyridine rings is 2. The molecule has 4 rings (SSSR count). The van der Waals surface area contributed by atoms with Gasteiger partial charge in [0.05, 0.1) is 0 Å². The average molecular weight is 745 g/mol. The fourth-order valence-electron chi connectivity index (χ4n) is 4.98. The molecule has 0 saturated carbocycles. The molecular formula is C37H47Cl2N5O7. The summed E-state index contributed by atoms with van der Waals surface area (Å²) in [4.78, 5) is 53.4. The van der Waals surface area contributed by atoms with E-state index in [0.717, 1.165) is 10.7 Å². The number of rotatable bonds is 6. The lowest BCUT2D eigenvalue weighted by Crippen LogP contribution is -2.50. The first-order valence-electron chi connectivity index (χ1n) is 16.7. The van der Waals surface area contributed by atoms with Crippen LogP contribution < -0.4 is 14.5 Å². The van der Waals surface area contributed by atoms with Crippen molar-refractivity contribution in [2.24, 2.45) is 0 Å². The van der Waals surface area contributed by atoms with Gasteiger partial charge in [-0.15, -0.1) is 0 Å². The van der Waals surface area contributed by atoms with Crippen LogP contribution in [0.1, 0.15) is 80.9 Å². The Balaban J connectivity index is 1.68. The molecule has 0 unspecified atom stereocenters. The molecule has 1 aliphatic rings. The highest BCUT2D eigenvalue weighted by atomic mass is 35.5. The topological polar surface area (TPSA) is 124 Å². The van der Waals surface area contributed by atoms with Crippen LogP contribution in [-0.4, -0.2) is 76.1 Å². The zero-order valence-corrected chi connectivity index (χ0v) is 32.4. The summed E-state index contributed by atoms with van der Waals surface area (Å²) in [5, 5.41) is 0.874. The average Bonchev–Trinajstić information content (AvgIpc) is 3.00. The van der Waals surface area contributed by atoms with E-state index in [1.807, 2.05) is 32.9 Å². The van der Waals surface area contributed by atoms with Crippen LogP contribution >= 0.6 is 23.2 Å². The Morgan fingerprint density at radius 1 is 0.745 bits per heavy atom. The first-order chi connectivity index (χ1) is 23.6. The van der Waals surface area contributed by atoms with Crippen molar-refractivity contribution in [1.82, 2.24) is 14.9 Å². The summed E-state index contributed by atoms with van der Waals surface area (Å²) in [6.45, 7) is 19.6. The number of ether oxygens (including phenoxy) is 4. The zero-order valence-electron chi connectivity index (χ0n) is 30.9. The largest absolute Gasteiger partial charge is 0.482 e. The van der Waals surface area contributed by atoms with Crippen LogP contribution in [0, 0.1) is 0 Å². The zero-order chi connectivity index (χ0) is 37.9. The summed E-state index contributed by atoms with van der Waals surface area (Å²) < 4.78 is 23.1. The summed E-state index contributed by atoms with van der Waals surface area (Å²) in [6.07, 6.45) is 0.208. The molecule has 276 valence electrons. The highest BCUT2D eigenvalue weighted by Crippen LogP contribution is 2.38. The quantitative estimate of drug-likeness (QED) is 0.226. The van der Waals surface area contributed by atoms with E-state index in [1.54, 1.807) is 83.8 Å². The van der Waals surface area contributed by atoms with Crippen LogP contribution in [0.5, 0.6) is 5.75 Å². The van der Waals surface area contributed by atoms with Crippen molar-refractivity contribution in [3.05, 3.63) is 64.4 Å². The number of amides is 3. The van der Waals surface area contributed by atoms with Gasteiger partial charge in [0.2, 0.25) is 0 Å². The molecule has 12 nitrogen and oxygen atoms in total. The molecule has 1 fully saturated rings. The van der Waals surface area contributed by atoms with E-state index in [1.165, 1.54) is 6.20 Å². The van der Waals surface area contributed by atoms with Gasteiger partial charge in [0.15, 0.2) is 11.6 Å². The molecule has 0 spiro atoms. The molecule has 1 atom stereocenters. The minimum atomic E-state index is -0.993. The van der Waals surface area contributed by atoms with Gasteiger partial charge in [0.1, 0.15) is 28.7 Å². The maximum absolute atomic E-state index is 13.6. The molecule has 0 N–H and O–H groups in total. The van der Waals surface area contributed by atoms with Crippen LogP contribution in [0.25, 0.3) is 11.1 Å². The minimum absolute atomic E-state index is 0.0788. The fourth-order valence-corrected chi connectivity index (χ4v) is 5.43. The normalized spacial score (nSPS) is 14.4. The van der Waals surface area contributed by atoms with E-state index >= 15 is 0 Å². The number of anilines is 2. The number of imide groups is 1. The summed E-state index contributed by atoms with van der Waals surface area (Å²) in [5.41, 5.74) is -0.553. The van der Waals surface area contributed by atoms with E-state index in [0.29, 0.717) is 52.9 Å². The van der Waals surface area contributed by atoms with Gasteiger partial charge in [-0.25, -0.2) is 24.4 Å². The van der Waals surface area contributed by atoms with Gasteiger partial charge in [0.25, 0.3) is 0 Å². The molecular weight excluding hydrogens is 697 g/mol. The van der Waals surface area contributed by atoms with Crippen LogP contribution in [0.2, 0.25) is 10.0 Å². The highest BCUT2D eigenvalue weighted by molar-refractivity contribution is 6.33. The van der Waals surface area contributed by atoms with Crippen molar-refractivity contribution < 1.29 is 33.3 Å². The monoisotopic (exact) mass is 743 g/mol. The summed E-state index contributed by atoms with van der Waals surface area (Å²) >= 11 is 12.8. The Morgan fingerprint density at radius 2 is 1.31 bits per heavy atom. The molecule has 3 heterocycles. The molecule has 0 aliphatic carbocycles. The van der Waals surface area contributed by atoms with Gasteiger partial charge >= 0.3 is 18.3 Å². The van der Waals surface area contributed by atoms with E-state index < -0.39 is 35.1 Å². The van der Waals surface area contributed by atoms with Crippen LogP contribution in [-0.2, 0) is 14.2 Å². The predicted molar refractivity (Wildman–Crippen MR) is 198 cm³/mol. The fraction of sp³-hybridized carbons (Fsp3) is 0.486. The summed E-state index contributed by atoms with van der Waals surface area (Å²) in [5.74, 6) is 0.684. The van der Waals surface area contributed by atoms with E-state index in [2.05, 4.69) is 9.88 Å². The lowest BCUT2D eigenvalue weighted by atomic mass is 10.1. The standard InChI is InChI=1S/C37H47Cl2N5O7/c1-23(27-20-26(38)12-13-28(27)39)48-29-19-25(22-41-31(29)44(33(46)50-36(5,6)7)34(47)51-37(8,9)10)24-11-14-30(40-21-24)42-15-17-43(18-16-42)32(45)49-35(2,3)4/h11-14,19-23H,15-18H2,1-10H3/t23-/m1/s1. The third kappa shape index (κ3) is 11.1. The lowest BCUT2D eigenvalue weighted by molar-refractivity contribution is 0.0239. The van der Waals surface area contributed by atoms with Crippen molar-refractivity contribution in [3.63, 3.8) is 0 Å². The van der Waals surface area contributed by atoms with E-state index in [-0.39, 0.29) is 17.7 Å². The van der Waals surface area contributed by atoms with Crippen molar-refractivity contribution >= 4 is 53.1 Å². The lowest BCUT2D eigenvalue weighted by Gasteiger charge is -2.36. The van der Waals surface area contributed by atoms with Crippen LogP contribution in [0.4, 0.5) is 26.0 Å². The molecule has 3 amide bonds. The van der Waals surface area contributed by atoms with Crippen molar-refractivity contribution in [3.8, 4) is 16.9 Å². The second kappa shape index (κ2) is 15.5. The first-order valence-corrected chi connectivity index (χ1v) is 17.4. The molecule has 1 saturated heterocycles. The van der Waals surface area contributed by atoms with Crippen molar-refractivity contribution in [1.29, 1.82) is 0 Å². The predicted octanol–water partition coefficient (Wildman–Crippen LogP) is 9.32. The smallest absolute Gasteiger partial charge is 0.425 e. The first kappa shape index (κ1) is 39.5. The second-order valence-electron chi connectivity index (χ2n) is 15.1. The van der Waals surface area contributed by atoms with Gasteiger partial charge in [0, 0.05) is 65.3 Å². The van der Waals surface area contributed by atoms with E-state index in [9.17, 15) is 14.4 Å². The summed E-state index contributed by atoms with van der Waals surface area (Å²) in [7, 11) is 0. The molecule has 0 radical (unpaired) electrons. The number of aromatic nitrogens is 2. The molecule has 51 heavy (non-hydrogen) atoms. The maximum Gasteiger partial charge on any atom is 0.425 e.